The van der Waals surface area contributed by atoms with Crippen LogP contribution in [0.3, 0.4) is 0 Å². The Labute approximate surface area is 154 Å². The van der Waals surface area contributed by atoms with Crippen LogP contribution in [-0.4, -0.2) is 16.7 Å². The van der Waals surface area contributed by atoms with Crippen molar-refractivity contribution in [2.45, 2.75) is 39.1 Å². The molecule has 0 saturated carbocycles. The molecule has 4 nitrogen and oxygen atoms in total. The zero-order chi connectivity index (χ0) is 19.5. The van der Waals surface area contributed by atoms with Gasteiger partial charge in [-0.15, -0.1) is 0 Å². The van der Waals surface area contributed by atoms with Gasteiger partial charge in [0.25, 0.3) is 0 Å². The number of alkyl halides is 3. The Kier molecular flexibility index (Phi) is 5.81. The Morgan fingerprint density at radius 1 is 1.12 bits per heavy atom. The molecule has 0 radical (unpaired) electrons. The van der Waals surface area contributed by atoms with Gasteiger partial charge in [0.15, 0.2) is 0 Å². The van der Waals surface area contributed by atoms with Crippen molar-refractivity contribution >= 4 is 23.5 Å². The number of carbonyl (C=O) groups excluding carboxylic acids is 1. The molecule has 2 aromatic rings. The second-order valence-corrected chi connectivity index (χ2v) is 6.92. The largest absolute Gasteiger partial charge is 0.443 e. The number of carbonyl (C=O) groups is 1. The summed E-state index contributed by atoms with van der Waals surface area (Å²) < 4.78 is 44.0. The fourth-order valence-electron chi connectivity index (χ4n) is 2.11. The molecule has 0 aliphatic heterocycles. The van der Waals surface area contributed by atoms with Crippen LogP contribution >= 0.6 is 11.6 Å². The minimum atomic E-state index is -4.63. The first-order valence-electron chi connectivity index (χ1n) is 7.75. The van der Waals surface area contributed by atoms with Crippen LogP contribution < -0.4 is 4.90 Å². The van der Waals surface area contributed by atoms with Gasteiger partial charge in [-0.25, -0.2) is 9.78 Å². The molecule has 0 atom stereocenters. The van der Waals surface area contributed by atoms with E-state index >= 15 is 0 Å². The number of ether oxygens (including phenoxy) is 1. The Balaban J connectivity index is 2.40. The predicted molar refractivity (Wildman–Crippen MR) is 93.1 cm³/mol. The number of anilines is 1. The number of rotatable bonds is 3. The van der Waals surface area contributed by atoms with Crippen molar-refractivity contribution in [3.8, 4) is 0 Å². The summed E-state index contributed by atoms with van der Waals surface area (Å²) in [5.41, 5.74) is -1.08. The van der Waals surface area contributed by atoms with Gasteiger partial charge in [-0.1, -0.05) is 41.9 Å². The van der Waals surface area contributed by atoms with Crippen molar-refractivity contribution in [1.82, 2.24) is 4.98 Å². The third kappa shape index (κ3) is 5.36. The number of nitrogens with zero attached hydrogens (tertiary/aromatic N) is 2. The zero-order valence-electron chi connectivity index (χ0n) is 14.5. The smallest absolute Gasteiger partial charge is 0.419 e. The lowest BCUT2D eigenvalue weighted by Gasteiger charge is -2.27. The highest BCUT2D eigenvalue weighted by Crippen LogP contribution is 2.35. The first-order chi connectivity index (χ1) is 12.0. The lowest BCUT2D eigenvalue weighted by Crippen LogP contribution is -2.37. The van der Waals surface area contributed by atoms with Gasteiger partial charge in [0.2, 0.25) is 0 Å². The van der Waals surface area contributed by atoms with E-state index in [9.17, 15) is 18.0 Å². The third-order valence-electron chi connectivity index (χ3n) is 3.21. The second kappa shape index (κ2) is 7.53. The molecule has 140 valence electrons. The van der Waals surface area contributed by atoms with E-state index in [0.29, 0.717) is 0 Å². The lowest BCUT2D eigenvalue weighted by atomic mass is 10.2. The van der Waals surface area contributed by atoms with E-state index in [0.717, 1.165) is 22.6 Å². The minimum absolute atomic E-state index is 0.0268. The van der Waals surface area contributed by atoms with Crippen molar-refractivity contribution in [3.63, 3.8) is 0 Å². The summed E-state index contributed by atoms with van der Waals surface area (Å²) in [4.78, 5) is 17.5. The molecular formula is C18H18ClF3N2O2. The van der Waals surface area contributed by atoms with Gasteiger partial charge in [-0.3, -0.25) is 4.90 Å². The SMILES string of the molecule is CC(C)(C)OC(=O)N(Cc1ccccc1)c1ccc(C(F)(F)F)c(Cl)n1. The van der Waals surface area contributed by atoms with E-state index in [-0.39, 0.29) is 12.4 Å². The van der Waals surface area contributed by atoms with Crippen LogP contribution in [0.2, 0.25) is 5.15 Å². The lowest BCUT2D eigenvalue weighted by molar-refractivity contribution is -0.137. The number of benzene rings is 1. The summed E-state index contributed by atoms with van der Waals surface area (Å²) in [5, 5.41) is -0.725. The molecule has 0 N–H and O–H groups in total. The topological polar surface area (TPSA) is 42.4 Å². The van der Waals surface area contributed by atoms with Gasteiger partial charge < -0.3 is 4.74 Å². The third-order valence-corrected chi connectivity index (χ3v) is 3.50. The molecule has 0 aliphatic rings. The van der Waals surface area contributed by atoms with Crippen molar-refractivity contribution < 1.29 is 22.7 Å². The van der Waals surface area contributed by atoms with Crippen LogP contribution in [0.1, 0.15) is 31.9 Å². The number of aromatic nitrogens is 1. The van der Waals surface area contributed by atoms with Gasteiger partial charge >= 0.3 is 12.3 Å². The molecule has 8 heteroatoms. The summed E-state index contributed by atoms with van der Waals surface area (Å²) in [6.07, 6.45) is -5.36. The van der Waals surface area contributed by atoms with Crippen LogP contribution in [-0.2, 0) is 17.5 Å². The number of hydrogen-bond donors (Lipinski definition) is 0. The summed E-state index contributed by atoms with van der Waals surface area (Å²) >= 11 is 5.69. The average Bonchev–Trinajstić information content (AvgIpc) is 2.50. The Morgan fingerprint density at radius 2 is 1.73 bits per heavy atom. The van der Waals surface area contributed by atoms with Gasteiger partial charge in [0.1, 0.15) is 16.6 Å². The second-order valence-electron chi connectivity index (χ2n) is 6.56. The Hall–Kier alpha value is -2.28. The van der Waals surface area contributed by atoms with Crippen LogP contribution in [0.5, 0.6) is 0 Å². The number of pyridine rings is 1. The van der Waals surface area contributed by atoms with Crippen LogP contribution in [0.15, 0.2) is 42.5 Å². The molecule has 0 fully saturated rings. The molecule has 1 aromatic heterocycles. The van der Waals surface area contributed by atoms with Gasteiger partial charge in [-0.05, 0) is 38.5 Å². The van der Waals surface area contributed by atoms with Crippen LogP contribution in [0.4, 0.5) is 23.8 Å². The van der Waals surface area contributed by atoms with Crippen molar-refractivity contribution in [1.29, 1.82) is 0 Å². The molecule has 0 saturated heterocycles. The Morgan fingerprint density at radius 3 is 2.23 bits per heavy atom. The van der Waals surface area contributed by atoms with E-state index in [1.165, 1.54) is 0 Å². The van der Waals surface area contributed by atoms with E-state index in [2.05, 4.69) is 4.98 Å². The summed E-state index contributed by atoms with van der Waals surface area (Å²) in [7, 11) is 0. The first-order valence-corrected chi connectivity index (χ1v) is 8.13. The monoisotopic (exact) mass is 386 g/mol. The van der Waals surface area contributed by atoms with Crippen molar-refractivity contribution in [2.75, 3.05) is 4.90 Å². The molecule has 1 aromatic carbocycles. The van der Waals surface area contributed by atoms with E-state index in [1.807, 2.05) is 6.07 Å². The average molecular weight is 387 g/mol. The highest BCUT2D eigenvalue weighted by molar-refractivity contribution is 6.30. The van der Waals surface area contributed by atoms with E-state index < -0.39 is 28.6 Å². The maximum atomic E-state index is 12.9. The van der Waals surface area contributed by atoms with Gasteiger partial charge in [0.05, 0.1) is 12.1 Å². The highest BCUT2D eigenvalue weighted by Gasteiger charge is 2.35. The van der Waals surface area contributed by atoms with Crippen molar-refractivity contribution in [2.24, 2.45) is 0 Å². The fraction of sp³-hybridized carbons (Fsp3) is 0.333. The molecule has 1 heterocycles. The fourth-order valence-corrected chi connectivity index (χ4v) is 2.37. The molecule has 1 amide bonds. The number of amides is 1. The normalized spacial score (nSPS) is 12.0. The molecule has 0 spiro atoms. The summed E-state index contributed by atoms with van der Waals surface area (Å²) in [6, 6.07) is 10.8. The maximum Gasteiger partial charge on any atom is 0.419 e. The number of hydrogen-bond acceptors (Lipinski definition) is 3. The van der Waals surface area contributed by atoms with Crippen LogP contribution in [0, 0.1) is 0 Å². The highest BCUT2D eigenvalue weighted by atomic mass is 35.5. The standard InChI is InChI=1S/C18H18ClF3N2O2/c1-17(2,3)26-16(25)24(11-12-7-5-4-6-8-12)14-10-9-13(15(19)23-14)18(20,21)22/h4-10H,11H2,1-3H3. The van der Waals surface area contributed by atoms with Gasteiger partial charge in [-0.2, -0.15) is 13.2 Å². The quantitative estimate of drug-likeness (QED) is 0.636. The van der Waals surface area contributed by atoms with Crippen molar-refractivity contribution in [3.05, 3.63) is 58.7 Å². The van der Waals surface area contributed by atoms with E-state index in [1.54, 1.807) is 45.0 Å². The predicted octanol–water partition coefficient (Wildman–Crippen LogP) is 5.70. The summed E-state index contributed by atoms with van der Waals surface area (Å²) in [6.45, 7) is 5.15. The van der Waals surface area contributed by atoms with Gasteiger partial charge in [0, 0.05) is 0 Å². The molecule has 26 heavy (non-hydrogen) atoms. The molecule has 2 rings (SSSR count). The minimum Gasteiger partial charge on any atom is -0.443 e. The van der Waals surface area contributed by atoms with Crippen LogP contribution in [0.25, 0.3) is 0 Å². The zero-order valence-corrected chi connectivity index (χ0v) is 15.2. The molecule has 0 bridgehead atoms. The number of halogens is 4. The molecule has 0 aliphatic carbocycles. The molecule has 0 unspecified atom stereocenters. The van der Waals surface area contributed by atoms with E-state index in [4.69, 9.17) is 16.3 Å². The summed E-state index contributed by atoms with van der Waals surface area (Å²) in [5.74, 6) is -0.0268. The Bertz CT molecular complexity index is 774. The molecular weight excluding hydrogens is 369 g/mol. The first kappa shape index (κ1) is 20.0. The maximum absolute atomic E-state index is 12.9.